The van der Waals surface area contributed by atoms with E-state index in [9.17, 15) is 20.4 Å². The molecule has 0 spiro atoms. The van der Waals surface area contributed by atoms with Gasteiger partial charge in [-0.3, -0.25) is 0 Å². The highest BCUT2D eigenvalue weighted by Crippen LogP contribution is 2.40. The second-order valence-corrected chi connectivity index (χ2v) is 8.85. The van der Waals surface area contributed by atoms with E-state index in [1.165, 1.54) is 18.4 Å². The highest BCUT2D eigenvalue weighted by molar-refractivity contribution is 5.41. The van der Waals surface area contributed by atoms with Crippen LogP contribution >= 0.6 is 0 Å². The van der Waals surface area contributed by atoms with Crippen molar-refractivity contribution in [2.75, 3.05) is 6.61 Å². The average Bonchev–Trinajstić information content (AvgIpc) is 3.75. The maximum absolute atomic E-state index is 11.1. The number of hydrogen-bond donors (Lipinski definition) is 4. The lowest BCUT2D eigenvalue weighted by Gasteiger charge is -2.43. The molecule has 7 nitrogen and oxygen atoms in total. The summed E-state index contributed by atoms with van der Waals surface area (Å²) in [6, 6.07) is 8.29. The molecule has 32 heavy (non-hydrogen) atoms. The molecule has 0 radical (unpaired) electrons. The van der Waals surface area contributed by atoms with Crippen molar-refractivity contribution in [2.24, 2.45) is 5.92 Å². The second kappa shape index (κ2) is 8.37. The first-order valence-electron chi connectivity index (χ1n) is 11.0. The highest BCUT2D eigenvalue weighted by Gasteiger charge is 2.53. The van der Waals surface area contributed by atoms with Crippen molar-refractivity contribution in [3.05, 3.63) is 47.8 Å². The van der Waals surface area contributed by atoms with Crippen LogP contribution in [0.3, 0.4) is 0 Å². The molecule has 2 saturated carbocycles. The van der Waals surface area contributed by atoms with Gasteiger partial charge in [-0.1, -0.05) is 35.8 Å². The smallest absolute Gasteiger partial charge is 0.191 e. The van der Waals surface area contributed by atoms with Crippen LogP contribution in [0.25, 0.3) is 5.69 Å². The van der Waals surface area contributed by atoms with Crippen molar-refractivity contribution in [1.82, 2.24) is 9.78 Å². The van der Waals surface area contributed by atoms with Gasteiger partial charge >= 0.3 is 0 Å². The molecule has 2 aromatic rings. The van der Waals surface area contributed by atoms with E-state index in [2.05, 4.69) is 40.9 Å². The molecule has 5 rings (SSSR count). The van der Waals surface area contributed by atoms with Gasteiger partial charge in [0.05, 0.1) is 24.1 Å². The Hall–Kier alpha value is -2.65. The SMILES string of the molecule is OC[C@H]1O[C@H](C#Cc2cnn(-c3ccc(C4CC4)cc3)c2)[C@](O)(C#CC2CC2)[C@@H](O)[C@@H]1O. The molecule has 0 unspecified atom stereocenters. The lowest BCUT2D eigenvalue weighted by atomic mass is 9.82. The third-order valence-electron chi connectivity index (χ3n) is 6.24. The predicted octanol–water partition coefficient (Wildman–Crippen LogP) is 0.727. The summed E-state index contributed by atoms with van der Waals surface area (Å²) in [5.41, 5.74) is 0.803. The molecule has 1 saturated heterocycles. The molecule has 0 amide bonds. The van der Waals surface area contributed by atoms with Crippen LogP contribution in [0.1, 0.15) is 42.7 Å². The molecule has 4 N–H and O–H groups in total. The Morgan fingerprint density at radius 2 is 1.84 bits per heavy atom. The van der Waals surface area contributed by atoms with E-state index >= 15 is 0 Å². The number of aromatic nitrogens is 2. The first kappa shape index (κ1) is 21.2. The molecule has 1 aliphatic heterocycles. The number of rotatable bonds is 3. The topological polar surface area (TPSA) is 108 Å². The van der Waals surface area contributed by atoms with Crippen molar-refractivity contribution in [2.45, 2.75) is 61.6 Å². The second-order valence-electron chi connectivity index (χ2n) is 8.85. The first-order chi connectivity index (χ1) is 15.5. The van der Waals surface area contributed by atoms with E-state index in [0.29, 0.717) is 11.5 Å². The number of aliphatic hydroxyl groups excluding tert-OH is 3. The summed E-state index contributed by atoms with van der Waals surface area (Å²) in [7, 11) is 0. The Labute approximate surface area is 186 Å². The fraction of sp³-hybridized carbons (Fsp3) is 0.480. The van der Waals surface area contributed by atoms with Gasteiger partial charge in [0.15, 0.2) is 11.7 Å². The van der Waals surface area contributed by atoms with E-state index in [1.807, 2.05) is 12.1 Å². The van der Waals surface area contributed by atoms with E-state index in [4.69, 9.17) is 4.74 Å². The standard InChI is InChI=1S/C25H26N2O5/c28-15-21-23(29)24(30)25(31,12-11-16-1-2-16)22(32-21)10-3-17-13-26-27(14-17)20-8-6-19(7-9-20)18-4-5-18/h6-9,13-14,16,18,21-24,28-31H,1-2,4-5,15H2/t21-,22-,23-,24+,25-/m1/s1. The molecule has 1 aromatic carbocycles. The summed E-state index contributed by atoms with van der Waals surface area (Å²) >= 11 is 0. The van der Waals surface area contributed by atoms with Crippen molar-refractivity contribution in [1.29, 1.82) is 0 Å². The predicted molar refractivity (Wildman–Crippen MR) is 116 cm³/mol. The maximum atomic E-state index is 11.1. The molecule has 5 atom stereocenters. The zero-order chi connectivity index (χ0) is 22.3. The van der Waals surface area contributed by atoms with Crippen molar-refractivity contribution in [3.8, 4) is 29.4 Å². The van der Waals surface area contributed by atoms with Crippen LogP contribution in [0.15, 0.2) is 36.7 Å². The van der Waals surface area contributed by atoms with Gasteiger partial charge in [0.1, 0.15) is 18.3 Å². The molecular weight excluding hydrogens is 408 g/mol. The van der Waals surface area contributed by atoms with E-state index in [1.54, 1.807) is 17.1 Å². The fourth-order valence-electron chi connectivity index (χ4n) is 3.85. The fourth-order valence-corrected chi connectivity index (χ4v) is 3.85. The zero-order valence-electron chi connectivity index (χ0n) is 17.6. The van der Waals surface area contributed by atoms with Crippen molar-refractivity contribution in [3.63, 3.8) is 0 Å². The van der Waals surface area contributed by atoms with Crippen LogP contribution in [0, 0.1) is 29.6 Å². The Kier molecular flexibility index (Phi) is 5.54. The lowest BCUT2D eigenvalue weighted by molar-refractivity contribution is -0.239. The third-order valence-corrected chi connectivity index (χ3v) is 6.24. The normalized spacial score (nSPS) is 31.9. The molecule has 7 heteroatoms. The minimum absolute atomic E-state index is 0.178. The largest absolute Gasteiger partial charge is 0.394 e. The summed E-state index contributed by atoms with van der Waals surface area (Å²) < 4.78 is 7.35. The van der Waals surface area contributed by atoms with Crippen LogP contribution in [0.4, 0.5) is 0 Å². The Morgan fingerprint density at radius 3 is 2.50 bits per heavy atom. The lowest BCUT2D eigenvalue weighted by Crippen LogP contribution is -2.65. The number of benzene rings is 1. The van der Waals surface area contributed by atoms with Gasteiger partial charge in [-0.05, 0) is 49.3 Å². The minimum atomic E-state index is -2.06. The third kappa shape index (κ3) is 4.19. The maximum Gasteiger partial charge on any atom is 0.191 e. The summed E-state index contributed by atoms with van der Waals surface area (Å²) in [5, 5.41) is 45.7. The van der Waals surface area contributed by atoms with Crippen LogP contribution < -0.4 is 0 Å². The van der Waals surface area contributed by atoms with Gasteiger partial charge in [0, 0.05) is 12.1 Å². The van der Waals surface area contributed by atoms with Gasteiger partial charge in [-0.2, -0.15) is 5.10 Å². The average molecular weight is 434 g/mol. The molecule has 0 bridgehead atoms. The molecule has 166 valence electrons. The van der Waals surface area contributed by atoms with Crippen molar-refractivity contribution >= 4 is 0 Å². The van der Waals surface area contributed by atoms with Crippen LogP contribution in [-0.2, 0) is 4.74 Å². The van der Waals surface area contributed by atoms with Gasteiger partial charge < -0.3 is 25.2 Å². The quantitative estimate of drug-likeness (QED) is 0.531. The summed E-state index contributed by atoms with van der Waals surface area (Å²) in [6.07, 6.45) is 2.40. The van der Waals surface area contributed by atoms with Crippen LogP contribution in [-0.4, -0.2) is 66.8 Å². The van der Waals surface area contributed by atoms with Crippen molar-refractivity contribution < 1.29 is 25.2 Å². The summed E-state index contributed by atoms with van der Waals surface area (Å²) in [6.45, 7) is -0.517. The molecule has 2 aliphatic carbocycles. The minimum Gasteiger partial charge on any atom is -0.394 e. The molecule has 3 fully saturated rings. The van der Waals surface area contributed by atoms with Crippen LogP contribution in [0.2, 0.25) is 0 Å². The van der Waals surface area contributed by atoms with Gasteiger partial charge in [-0.15, -0.1) is 0 Å². The molecule has 3 aliphatic rings. The number of nitrogens with zero attached hydrogens (tertiary/aromatic N) is 2. The molecule has 1 aromatic heterocycles. The number of hydrogen-bond acceptors (Lipinski definition) is 6. The van der Waals surface area contributed by atoms with Crippen LogP contribution in [0.5, 0.6) is 0 Å². The molecule has 2 heterocycles. The van der Waals surface area contributed by atoms with Gasteiger partial charge in [0.25, 0.3) is 0 Å². The molecular formula is C25H26N2O5. The van der Waals surface area contributed by atoms with E-state index in [0.717, 1.165) is 18.5 Å². The Bertz CT molecular complexity index is 1100. The highest BCUT2D eigenvalue weighted by atomic mass is 16.5. The number of aliphatic hydroxyl groups is 4. The Balaban J connectivity index is 1.38. The number of ether oxygens (including phenoxy) is 1. The zero-order valence-corrected chi connectivity index (χ0v) is 17.6. The van der Waals surface area contributed by atoms with Gasteiger partial charge in [0.2, 0.25) is 0 Å². The summed E-state index contributed by atoms with van der Waals surface area (Å²) in [5.74, 6) is 12.2. The summed E-state index contributed by atoms with van der Waals surface area (Å²) in [4.78, 5) is 0. The van der Waals surface area contributed by atoms with Gasteiger partial charge in [-0.25, -0.2) is 4.68 Å². The van der Waals surface area contributed by atoms with E-state index < -0.39 is 36.6 Å². The first-order valence-corrected chi connectivity index (χ1v) is 11.0. The van der Waals surface area contributed by atoms with E-state index in [-0.39, 0.29) is 5.92 Å². The Morgan fingerprint density at radius 1 is 1.09 bits per heavy atom. The monoisotopic (exact) mass is 434 g/mol.